The predicted molar refractivity (Wildman–Crippen MR) is 123 cm³/mol. The van der Waals surface area contributed by atoms with Gasteiger partial charge in [-0.3, -0.25) is 13.9 Å². The first-order valence-corrected chi connectivity index (χ1v) is 11.0. The van der Waals surface area contributed by atoms with Gasteiger partial charge in [0.15, 0.2) is 11.3 Å². The Labute approximate surface area is 185 Å². The van der Waals surface area contributed by atoms with Crippen LogP contribution in [0, 0.1) is 0 Å². The maximum absolute atomic E-state index is 13.6. The first kappa shape index (κ1) is 18.7. The maximum Gasteiger partial charge on any atom is 0.265 e. The minimum atomic E-state index is -0.121. The summed E-state index contributed by atoms with van der Waals surface area (Å²) < 4.78 is 10.2. The molecule has 3 aromatic heterocycles. The van der Waals surface area contributed by atoms with Crippen molar-refractivity contribution in [2.75, 3.05) is 6.61 Å². The number of hydrogen-bond donors (Lipinski definition) is 0. The van der Waals surface area contributed by atoms with Crippen molar-refractivity contribution in [3.63, 3.8) is 0 Å². The zero-order valence-electron chi connectivity index (χ0n) is 16.5. The van der Waals surface area contributed by atoms with Gasteiger partial charge in [0.2, 0.25) is 0 Å². The Morgan fingerprint density at radius 1 is 1.06 bits per heavy atom. The van der Waals surface area contributed by atoms with Crippen LogP contribution in [0.1, 0.15) is 12.8 Å². The molecule has 2 aromatic carbocycles. The van der Waals surface area contributed by atoms with E-state index in [9.17, 15) is 4.79 Å². The molecule has 1 fully saturated rings. The Hall–Kier alpha value is -3.10. The summed E-state index contributed by atoms with van der Waals surface area (Å²) in [5, 5.41) is 0.480. The van der Waals surface area contributed by atoms with Crippen LogP contribution in [0.15, 0.2) is 64.1 Å². The molecule has 0 unspecified atom stereocenters. The van der Waals surface area contributed by atoms with E-state index in [0.29, 0.717) is 28.7 Å². The van der Waals surface area contributed by atoms with Gasteiger partial charge in [-0.2, -0.15) is 0 Å². The average molecular weight is 476 g/mol. The molecule has 0 amide bonds. The van der Waals surface area contributed by atoms with E-state index < -0.39 is 0 Å². The molecule has 0 spiro atoms. The predicted octanol–water partition coefficient (Wildman–Crippen LogP) is 4.23. The summed E-state index contributed by atoms with van der Waals surface area (Å²) in [5.41, 5.74) is 3.99. The molecule has 7 nitrogen and oxygen atoms in total. The molecule has 1 aliphatic rings. The van der Waals surface area contributed by atoms with Crippen molar-refractivity contribution >= 4 is 49.2 Å². The normalized spacial score (nSPS) is 16.6. The minimum absolute atomic E-state index is 0.0438. The number of para-hydroxylation sites is 2. The van der Waals surface area contributed by atoms with Crippen LogP contribution in [0.25, 0.3) is 38.9 Å². The Morgan fingerprint density at radius 2 is 1.90 bits per heavy atom. The molecule has 0 N–H and O–H groups in total. The SMILES string of the molecule is O=c1c2c3nc4ccccc4nc3n(-c3cccc(Br)c3)c2ncn1C[C@@H]1CCCO1. The van der Waals surface area contributed by atoms with E-state index in [0.717, 1.165) is 40.6 Å². The molecule has 4 heterocycles. The summed E-state index contributed by atoms with van der Waals surface area (Å²) in [4.78, 5) is 27.9. The van der Waals surface area contributed by atoms with E-state index in [4.69, 9.17) is 19.7 Å². The summed E-state index contributed by atoms with van der Waals surface area (Å²) in [7, 11) is 0. The topological polar surface area (TPSA) is 74.8 Å². The Kier molecular flexibility index (Phi) is 4.36. The molecule has 31 heavy (non-hydrogen) atoms. The van der Waals surface area contributed by atoms with Crippen molar-refractivity contribution < 1.29 is 4.74 Å². The summed E-state index contributed by atoms with van der Waals surface area (Å²) in [5.74, 6) is 0. The first-order chi connectivity index (χ1) is 15.2. The third kappa shape index (κ3) is 3.05. The lowest BCUT2D eigenvalue weighted by Gasteiger charge is -2.11. The van der Waals surface area contributed by atoms with Crippen molar-refractivity contribution in [2.24, 2.45) is 0 Å². The van der Waals surface area contributed by atoms with Crippen molar-refractivity contribution in [3.05, 3.63) is 69.7 Å². The number of hydrogen-bond acceptors (Lipinski definition) is 5. The van der Waals surface area contributed by atoms with E-state index in [-0.39, 0.29) is 11.7 Å². The van der Waals surface area contributed by atoms with Gasteiger partial charge in [0.1, 0.15) is 17.2 Å². The summed E-state index contributed by atoms with van der Waals surface area (Å²) in [6, 6.07) is 15.5. The van der Waals surface area contributed by atoms with Crippen molar-refractivity contribution in [1.29, 1.82) is 0 Å². The smallest absolute Gasteiger partial charge is 0.265 e. The number of aromatic nitrogens is 5. The number of rotatable bonds is 3. The van der Waals surface area contributed by atoms with Crippen LogP contribution in [-0.2, 0) is 11.3 Å². The molecule has 8 heteroatoms. The van der Waals surface area contributed by atoms with E-state index >= 15 is 0 Å². The maximum atomic E-state index is 13.6. The van der Waals surface area contributed by atoms with Crippen molar-refractivity contribution in [3.8, 4) is 5.69 Å². The van der Waals surface area contributed by atoms with E-state index in [1.165, 1.54) is 0 Å². The molecule has 1 aliphatic heterocycles. The molecular formula is C23H18BrN5O2. The third-order valence-corrected chi connectivity index (χ3v) is 6.21. The molecule has 154 valence electrons. The van der Waals surface area contributed by atoms with Gasteiger partial charge in [-0.1, -0.05) is 34.1 Å². The van der Waals surface area contributed by atoms with Gasteiger partial charge in [0.05, 0.1) is 29.4 Å². The molecule has 1 atom stereocenters. The quantitative estimate of drug-likeness (QED) is 0.390. The standard InChI is InChI=1S/C23H18BrN5O2/c24-14-5-3-6-15(11-14)29-21-19(20-22(29)27-18-9-2-1-8-17(18)26-20)23(30)28(13-25-21)12-16-7-4-10-31-16/h1-3,5-6,8-9,11,13,16H,4,7,10,12H2/t16-/m0/s1. The second-order valence-corrected chi connectivity index (χ2v) is 8.65. The Morgan fingerprint density at radius 3 is 2.68 bits per heavy atom. The summed E-state index contributed by atoms with van der Waals surface area (Å²) >= 11 is 3.54. The highest BCUT2D eigenvalue weighted by Crippen LogP contribution is 2.29. The lowest BCUT2D eigenvalue weighted by molar-refractivity contribution is 0.0960. The molecule has 1 saturated heterocycles. The monoisotopic (exact) mass is 475 g/mol. The highest BCUT2D eigenvalue weighted by molar-refractivity contribution is 9.10. The van der Waals surface area contributed by atoms with Gasteiger partial charge in [-0.25, -0.2) is 15.0 Å². The molecule has 6 rings (SSSR count). The highest BCUT2D eigenvalue weighted by Gasteiger charge is 2.23. The van der Waals surface area contributed by atoms with E-state index in [1.54, 1.807) is 10.9 Å². The largest absolute Gasteiger partial charge is 0.376 e. The summed E-state index contributed by atoms with van der Waals surface area (Å²) in [6.07, 6.45) is 3.63. The fourth-order valence-electron chi connectivity index (χ4n) is 4.27. The zero-order chi connectivity index (χ0) is 20.9. The number of halogens is 1. The fraction of sp³-hybridized carbons (Fsp3) is 0.217. The fourth-order valence-corrected chi connectivity index (χ4v) is 4.66. The van der Waals surface area contributed by atoms with Crippen LogP contribution >= 0.6 is 15.9 Å². The third-order valence-electron chi connectivity index (χ3n) is 5.72. The number of ether oxygens (including phenoxy) is 1. The van der Waals surface area contributed by atoms with Gasteiger partial charge >= 0.3 is 0 Å². The average Bonchev–Trinajstić information content (AvgIpc) is 3.40. The van der Waals surface area contributed by atoms with Gasteiger partial charge in [-0.05, 0) is 43.2 Å². The van der Waals surface area contributed by atoms with Crippen molar-refractivity contribution in [1.82, 2.24) is 24.1 Å². The van der Waals surface area contributed by atoms with Crippen LogP contribution in [0.4, 0.5) is 0 Å². The molecule has 0 radical (unpaired) electrons. The van der Waals surface area contributed by atoms with Crippen molar-refractivity contribution in [2.45, 2.75) is 25.5 Å². The lowest BCUT2D eigenvalue weighted by atomic mass is 10.2. The van der Waals surface area contributed by atoms with Gasteiger partial charge < -0.3 is 4.74 Å². The molecular weight excluding hydrogens is 458 g/mol. The number of nitrogens with zero attached hydrogens (tertiary/aromatic N) is 5. The molecule has 0 bridgehead atoms. The van der Waals surface area contributed by atoms with Crippen LogP contribution in [0.2, 0.25) is 0 Å². The molecule has 0 aliphatic carbocycles. The van der Waals surface area contributed by atoms with Crippen LogP contribution < -0.4 is 5.56 Å². The second kappa shape index (κ2) is 7.25. The number of benzene rings is 2. The Balaban J connectivity index is 1.69. The Bertz CT molecular complexity index is 1520. The van der Waals surface area contributed by atoms with Gasteiger partial charge in [0, 0.05) is 11.1 Å². The number of fused-ring (bicyclic) bond motifs is 4. The molecule has 0 saturated carbocycles. The highest BCUT2D eigenvalue weighted by atomic mass is 79.9. The summed E-state index contributed by atoms with van der Waals surface area (Å²) in [6.45, 7) is 1.24. The van der Waals surface area contributed by atoms with E-state index in [1.807, 2.05) is 53.1 Å². The van der Waals surface area contributed by atoms with E-state index in [2.05, 4.69) is 15.9 Å². The lowest BCUT2D eigenvalue weighted by Crippen LogP contribution is -2.26. The van der Waals surface area contributed by atoms with Crippen LogP contribution in [-0.4, -0.2) is 36.8 Å². The molecule has 5 aromatic rings. The van der Waals surface area contributed by atoms with Gasteiger partial charge in [-0.15, -0.1) is 0 Å². The van der Waals surface area contributed by atoms with Crippen LogP contribution in [0.3, 0.4) is 0 Å². The first-order valence-electron chi connectivity index (χ1n) is 10.2. The minimum Gasteiger partial charge on any atom is -0.376 e. The van der Waals surface area contributed by atoms with Gasteiger partial charge in [0.25, 0.3) is 5.56 Å². The zero-order valence-corrected chi connectivity index (χ0v) is 18.1. The second-order valence-electron chi connectivity index (χ2n) is 7.74. The van der Waals surface area contributed by atoms with Crippen LogP contribution in [0.5, 0.6) is 0 Å².